The summed E-state index contributed by atoms with van der Waals surface area (Å²) < 4.78 is 25.9. The molecule has 0 atom stereocenters. The number of hydrogen-bond acceptors (Lipinski definition) is 4. The zero-order valence-electron chi connectivity index (χ0n) is 9.46. The summed E-state index contributed by atoms with van der Waals surface area (Å²) in [5.41, 5.74) is 5.89. The lowest BCUT2D eigenvalue weighted by atomic mass is 10.2. The number of anilines is 1. The number of phenolic OH excluding ortho intramolecular Hbond substituents is 1. The fourth-order valence-electron chi connectivity index (χ4n) is 1.98. The largest absolute Gasteiger partial charge is 0.507 e. The zero-order valence-corrected chi connectivity index (χ0v) is 10.3. The highest BCUT2D eigenvalue weighted by atomic mass is 32.2. The second-order valence-corrected chi connectivity index (χ2v) is 6.10. The van der Waals surface area contributed by atoms with E-state index < -0.39 is 10.0 Å². The van der Waals surface area contributed by atoms with Crippen LogP contribution >= 0.6 is 0 Å². The van der Waals surface area contributed by atoms with Crippen LogP contribution in [0.1, 0.15) is 19.3 Å². The molecule has 0 aromatic heterocycles. The second kappa shape index (κ2) is 4.54. The normalized spacial score (nSPS) is 18.1. The van der Waals surface area contributed by atoms with Gasteiger partial charge in [0.15, 0.2) is 0 Å². The van der Waals surface area contributed by atoms with Crippen molar-refractivity contribution < 1.29 is 13.5 Å². The third kappa shape index (κ3) is 2.37. The van der Waals surface area contributed by atoms with Crippen LogP contribution < -0.4 is 5.73 Å². The van der Waals surface area contributed by atoms with Crippen molar-refractivity contribution in [3.8, 4) is 5.75 Å². The van der Waals surface area contributed by atoms with Gasteiger partial charge in [-0.2, -0.15) is 4.31 Å². The molecule has 5 nitrogen and oxygen atoms in total. The number of phenols is 1. The van der Waals surface area contributed by atoms with E-state index in [0.717, 1.165) is 19.3 Å². The molecule has 94 valence electrons. The van der Waals surface area contributed by atoms with Crippen molar-refractivity contribution in [1.29, 1.82) is 0 Å². The van der Waals surface area contributed by atoms with Crippen molar-refractivity contribution in [2.75, 3.05) is 18.8 Å². The van der Waals surface area contributed by atoms with Crippen LogP contribution in [0, 0.1) is 0 Å². The zero-order chi connectivity index (χ0) is 12.5. The van der Waals surface area contributed by atoms with Gasteiger partial charge in [0.1, 0.15) is 10.6 Å². The third-order valence-corrected chi connectivity index (χ3v) is 4.84. The highest BCUT2D eigenvalue weighted by Crippen LogP contribution is 2.29. The molecule has 17 heavy (non-hydrogen) atoms. The van der Waals surface area contributed by atoms with Gasteiger partial charge in [0.2, 0.25) is 10.0 Å². The van der Waals surface area contributed by atoms with Crippen molar-refractivity contribution in [1.82, 2.24) is 4.31 Å². The Hall–Kier alpha value is -1.27. The number of nitrogen functional groups attached to an aromatic ring is 1. The standard InChI is InChI=1S/C11H16N2O3S/c12-9-4-5-10(14)11(8-9)17(15,16)13-6-2-1-3-7-13/h4-5,8,14H,1-3,6-7,12H2. The summed E-state index contributed by atoms with van der Waals surface area (Å²) in [6.45, 7) is 1.02. The number of hydrogen-bond donors (Lipinski definition) is 2. The van der Waals surface area contributed by atoms with Crippen LogP contribution in [0.15, 0.2) is 23.1 Å². The Bertz CT molecular complexity index is 507. The maximum atomic E-state index is 12.3. The van der Waals surface area contributed by atoms with Crippen molar-refractivity contribution in [2.45, 2.75) is 24.2 Å². The van der Waals surface area contributed by atoms with E-state index in [1.165, 1.54) is 22.5 Å². The minimum absolute atomic E-state index is 0.0978. The summed E-state index contributed by atoms with van der Waals surface area (Å²) in [6, 6.07) is 4.09. The molecule has 1 aromatic carbocycles. The SMILES string of the molecule is Nc1ccc(O)c(S(=O)(=O)N2CCCCC2)c1. The molecule has 0 amide bonds. The Labute approximate surface area is 101 Å². The highest BCUT2D eigenvalue weighted by molar-refractivity contribution is 7.89. The van der Waals surface area contributed by atoms with Gasteiger partial charge < -0.3 is 10.8 Å². The van der Waals surface area contributed by atoms with Crippen LogP contribution in [0.3, 0.4) is 0 Å². The molecule has 1 aromatic rings. The molecule has 1 aliphatic rings. The lowest BCUT2D eigenvalue weighted by Gasteiger charge is -2.26. The van der Waals surface area contributed by atoms with Gasteiger partial charge in [-0.3, -0.25) is 0 Å². The lowest BCUT2D eigenvalue weighted by molar-refractivity contribution is 0.344. The van der Waals surface area contributed by atoms with E-state index in [1.54, 1.807) is 0 Å². The quantitative estimate of drug-likeness (QED) is 0.614. The first-order valence-corrected chi connectivity index (χ1v) is 7.04. The number of sulfonamides is 1. The van der Waals surface area contributed by atoms with E-state index in [2.05, 4.69) is 0 Å². The van der Waals surface area contributed by atoms with Crippen molar-refractivity contribution in [2.24, 2.45) is 0 Å². The van der Waals surface area contributed by atoms with E-state index in [9.17, 15) is 13.5 Å². The Morgan fingerprint density at radius 3 is 2.47 bits per heavy atom. The minimum Gasteiger partial charge on any atom is -0.507 e. The molecular formula is C11H16N2O3S. The van der Waals surface area contributed by atoms with E-state index in [1.807, 2.05) is 0 Å². The summed E-state index contributed by atoms with van der Waals surface area (Å²) in [7, 11) is -3.61. The predicted octanol–water partition coefficient (Wildman–Crippen LogP) is 1.15. The van der Waals surface area contributed by atoms with Crippen LogP contribution in [0.5, 0.6) is 5.75 Å². The number of rotatable bonds is 2. The van der Waals surface area contributed by atoms with Crippen molar-refractivity contribution in [3.63, 3.8) is 0 Å². The Morgan fingerprint density at radius 1 is 1.18 bits per heavy atom. The van der Waals surface area contributed by atoms with Gasteiger partial charge in [0, 0.05) is 18.8 Å². The number of aromatic hydroxyl groups is 1. The summed E-state index contributed by atoms with van der Waals surface area (Å²) in [4.78, 5) is -0.0978. The molecule has 2 rings (SSSR count). The number of nitrogens with zero attached hydrogens (tertiary/aromatic N) is 1. The molecule has 6 heteroatoms. The van der Waals surface area contributed by atoms with Gasteiger partial charge in [-0.15, -0.1) is 0 Å². The lowest BCUT2D eigenvalue weighted by Crippen LogP contribution is -2.35. The van der Waals surface area contributed by atoms with Crippen LogP contribution in [0.25, 0.3) is 0 Å². The Balaban J connectivity index is 2.40. The maximum absolute atomic E-state index is 12.3. The fraction of sp³-hybridized carbons (Fsp3) is 0.455. The van der Waals surface area contributed by atoms with Crippen LogP contribution in [0.4, 0.5) is 5.69 Å². The molecule has 0 bridgehead atoms. The highest BCUT2D eigenvalue weighted by Gasteiger charge is 2.28. The second-order valence-electron chi connectivity index (χ2n) is 4.19. The van der Waals surface area contributed by atoms with Gasteiger partial charge in [0.25, 0.3) is 0 Å². The molecule has 0 spiro atoms. The third-order valence-electron chi connectivity index (χ3n) is 2.92. The average Bonchev–Trinajstić information content (AvgIpc) is 2.33. The number of benzene rings is 1. The van der Waals surface area contributed by atoms with Crippen molar-refractivity contribution >= 4 is 15.7 Å². The van der Waals surface area contributed by atoms with Gasteiger partial charge >= 0.3 is 0 Å². The summed E-state index contributed by atoms with van der Waals surface area (Å²) in [5.74, 6) is -0.246. The van der Waals surface area contributed by atoms with E-state index in [0.29, 0.717) is 18.8 Å². The first-order valence-electron chi connectivity index (χ1n) is 5.60. The van der Waals surface area contributed by atoms with E-state index >= 15 is 0 Å². The van der Waals surface area contributed by atoms with Gasteiger partial charge in [-0.1, -0.05) is 6.42 Å². The van der Waals surface area contributed by atoms with Gasteiger partial charge in [0.05, 0.1) is 0 Å². The van der Waals surface area contributed by atoms with Gasteiger partial charge in [-0.25, -0.2) is 8.42 Å². The van der Waals surface area contributed by atoms with E-state index in [-0.39, 0.29) is 10.6 Å². The molecule has 1 aliphatic heterocycles. The number of piperidine rings is 1. The molecular weight excluding hydrogens is 240 g/mol. The Kier molecular flexibility index (Phi) is 3.26. The summed E-state index contributed by atoms with van der Waals surface area (Å²) in [5, 5.41) is 9.64. The first kappa shape index (κ1) is 12.2. The minimum atomic E-state index is -3.61. The smallest absolute Gasteiger partial charge is 0.246 e. The molecule has 0 radical (unpaired) electrons. The molecule has 1 fully saturated rings. The fourth-order valence-corrected chi connectivity index (χ4v) is 3.62. The number of nitrogens with two attached hydrogens (primary N) is 1. The van der Waals surface area contributed by atoms with Crippen molar-refractivity contribution in [3.05, 3.63) is 18.2 Å². The molecule has 1 saturated heterocycles. The Morgan fingerprint density at radius 2 is 1.82 bits per heavy atom. The predicted molar refractivity (Wildman–Crippen MR) is 65.1 cm³/mol. The molecule has 0 aliphatic carbocycles. The summed E-state index contributed by atoms with van der Waals surface area (Å²) in [6.07, 6.45) is 2.78. The molecule has 1 heterocycles. The molecule has 3 N–H and O–H groups in total. The first-order chi connectivity index (χ1) is 8.01. The average molecular weight is 256 g/mol. The van der Waals surface area contributed by atoms with Gasteiger partial charge in [-0.05, 0) is 31.0 Å². The van der Waals surface area contributed by atoms with Crippen LogP contribution in [0.2, 0.25) is 0 Å². The molecule has 0 saturated carbocycles. The van der Waals surface area contributed by atoms with Crippen LogP contribution in [-0.4, -0.2) is 30.9 Å². The summed E-state index contributed by atoms with van der Waals surface area (Å²) >= 11 is 0. The van der Waals surface area contributed by atoms with E-state index in [4.69, 9.17) is 5.73 Å². The monoisotopic (exact) mass is 256 g/mol. The topological polar surface area (TPSA) is 83.6 Å². The molecule has 0 unspecified atom stereocenters. The van der Waals surface area contributed by atoms with Crippen LogP contribution in [-0.2, 0) is 10.0 Å². The maximum Gasteiger partial charge on any atom is 0.246 e.